The molecule has 0 saturated carbocycles. The lowest BCUT2D eigenvalue weighted by Crippen LogP contribution is -2.49. The Bertz CT molecular complexity index is 444. The fraction of sp³-hybridized carbons (Fsp3) is 0.722. The summed E-state index contributed by atoms with van der Waals surface area (Å²) < 4.78 is 5.41. The number of ether oxygens (including phenoxy) is 1. The van der Waals surface area contributed by atoms with E-state index in [9.17, 15) is 0 Å². The molecule has 0 aliphatic carbocycles. The van der Waals surface area contributed by atoms with E-state index in [2.05, 4.69) is 39.3 Å². The van der Waals surface area contributed by atoms with Crippen molar-refractivity contribution in [2.75, 3.05) is 72.6 Å². The van der Waals surface area contributed by atoms with Gasteiger partial charge < -0.3 is 9.64 Å². The number of rotatable bonds is 6. The smallest absolute Gasteiger partial charge is 0.0594 e. The summed E-state index contributed by atoms with van der Waals surface area (Å²) in [5, 5.41) is 0. The van der Waals surface area contributed by atoms with E-state index in [4.69, 9.17) is 4.74 Å². The lowest BCUT2D eigenvalue weighted by Gasteiger charge is -2.38. The van der Waals surface area contributed by atoms with E-state index in [1.807, 2.05) is 14.0 Å². The number of piperazine rings is 1. The van der Waals surface area contributed by atoms with Crippen molar-refractivity contribution in [2.24, 2.45) is 4.99 Å². The third kappa shape index (κ3) is 5.75. The minimum atomic E-state index is 0.888. The number of hydrogen-bond acceptors (Lipinski definition) is 5. The van der Waals surface area contributed by atoms with Gasteiger partial charge in [-0.1, -0.05) is 6.58 Å². The molecule has 0 aromatic rings. The van der Waals surface area contributed by atoms with Gasteiger partial charge in [0.15, 0.2) is 0 Å². The van der Waals surface area contributed by atoms with Crippen LogP contribution in [0.5, 0.6) is 0 Å². The molecule has 2 aliphatic heterocycles. The topological polar surface area (TPSA) is 31.3 Å². The van der Waals surface area contributed by atoms with Crippen LogP contribution in [0, 0.1) is 0 Å². The standard InChI is InChI=1S/C18H32N4O/c1-16(2)18(15-17(3)19-4)22-9-7-20(8-10-22)5-6-21-11-13-23-14-12-21/h15H,1,5-14H2,2-4H3/b18-15+,19-17?. The third-order valence-electron chi connectivity index (χ3n) is 4.68. The van der Waals surface area contributed by atoms with E-state index in [0.29, 0.717) is 0 Å². The zero-order valence-electron chi connectivity index (χ0n) is 15.1. The highest BCUT2D eigenvalue weighted by Gasteiger charge is 2.20. The molecule has 0 bridgehead atoms. The van der Waals surface area contributed by atoms with Crippen LogP contribution in [-0.4, -0.2) is 93.0 Å². The number of morpholine rings is 1. The zero-order chi connectivity index (χ0) is 16.7. The van der Waals surface area contributed by atoms with E-state index in [-0.39, 0.29) is 0 Å². The molecule has 23 heavy (non-hydrogen) atoms. The molecule has 2 fully saturated rings. The molecule has 2 aliphatic rings. The molecule has 0 aromatic heterocycles. The summed E-state index contributed by atoms with van der Waals surface area (Å²) in [4.78, 5) is 11.8. The van der Waals surface area contributed by atoms with Crippen molar-refractivity contribution in [2.45, 2.75) is 13.8 Å². The van der Waals surface area contributed by atoms with Gasteiger partial charge in [-0.3, -0.25) is 14.8 Å². The van der Waals surface area contributed by atoms with Gasteiger partial charge in [0.2, 0.25) is 0 Å². The fourth-order valence-corrected chi connectivity index (χ4v) is 3.07. The second-order valence-electron chi connectivity index (χ2n) is 6.46. The van der Waals surface area contributed by atoms with Crippen LogP contribution < -0.4 is 0 Å². The van der Waals surface area contributed by atoms with Crippen LogP contribution in [0.2, 0.25) is 0 Å². The molecule has 0 aromatic carbocycles. The zero-order valence-corrected chi connectivity index (χ0v) is 15.1. The van der Waals surface area contributed by atoms with Crippen molar-refractivity contribution in [1.29, 1.82) is 0 Å². The molecular formula is C18H32N4O. The largest absolute Gasteiger partial charge is 0.379 e. The predicted octanol–water partition coefficient (Wildman–Crippen LogP) is 1.49. The molecule has 0 N–H and O–H groups in total. The van der Waals surface area contributed by atoms with Gasteiger partial charge in [0.1, 0.15) is 0 Å². The molecule has 0 amide bonds. The summed E-state index contributed by atoms with van der Waals surface area (Å²) >= 11 is 0. The summed E-state index contributed by atoms with van der Waals surface area (Å²) in [6.07, 6.45) is 2.16. The van der Waals surface area contributed by atoms with Gasteiger partial charge in [-0.25, -0.2) is 0 Å². The average molecular weight is 320 g/mol. The summed E-state index contributed by atoms with van der Waals surface area (Å²) in [5.41, 5.74) is 3.41. The first-order valence-corrected chi connectivity index (χ1v) is 8.68. The Balaban J connectivity index is 1.80. The predicted molar refractivity (Wildman–Crippen MR) is 97.2 cm³/mol. The Kier molecular flexibility index (Phi) is 7.27. The molecule has 5 heteroatoms. The van der Waals surface area contributed by atoms with E-state index in [1.165, 1.54) is 5.70 Å². The second-order valence-corrected chi connectivity index (χ2v) is 6.46. The maximum absolute atomic E-state index is 5.41. The highest BCUT2D eigenvalue weighted by atomic mass is 16.5. The summed E-state index contributed by atoms with van der Waals surface area (Å²) in [6, 6.07) is 0. The van der Waals surface area contributed by atoms with E-state index in [0.717, 1.165) is 76.9 Å². The first-order chi connectivity index (χ1) is 11.1. The number of aliphatic imine (C=N–C) groups is 1. The maximum atomic E-state index is 5.41. The Hall–Kier alpha value is -1.17. The molecular weight excluding hydrogens is 288 g/mol. The van der Waals surface area contributed by atoms with Crippen molar-refractivity contribution >= 4 is 5.71 Å². The van der Waals surface area contributed by atoms with Crippen LogP contribution in [-0.2, 0) is 4.74 Å². The molecule has 2 heterocycles. The summed E-state index contributed by atoms with van der Waals surface area (Å²) in [7, 11) is 1.84. The lowest BCUT2D eigenvalue weighted by atomic mass is 10.1. The maximum Gasteiger partial charge on any atom is 0.0594 e. The van der Waals surface area contributed by atoms with Crippen LogP contribution in [0.15, 0.2) is 28.9 Å². The molecule has 2 rings (SSSR count). The summed E-state index contributed by atoms with van der Waals surface area (Å²) in [5.74, 6) is 0. The first-order valence-electron chi connectivity index (χ1n) is 8.68. The Morgan fingerprint density at radius 1 is 1.00 bits per heavy atom. The van der Waals surface area contributed by atoms with Crippen molar-refractivity contribution in [1.82, 2.24) is 14.7 Å². The van der Waals surface area contributed by atoms with Crippen LogP contribution in [0.4, 0.5) is 0 Å². The van der Waals surface area contributed by atoms with Gasteiger partial charge in [-0.15, -0.1) is 0 Å². The Labute approximate surface area is 141 Å². The fourth-order valence-electron chi connectivity index (χ4n) is 3.07. The lowest BCUT2D eigenvalue weighted by molar-refractivity contribution is 0.0309. The normalized spacial score (nSPS) is 22.5. The monoisotopic (exact) mass is 320 g/mol. The number of allylic oxidation sites excluding steroid dienone is 2. The number of hydrogen-bond donors (Lipinski definition) is 0. The quantitative estimate of drug-likeness (QED) is 0.548. The average Bonchev–Trinajstić information content (AvgIpc) is 2.59. The minimum Gasteiger partial charge on any atom is -0.379 e. The van der Waals surface area contributed by atoms with Crippen LogP contribution in [0.1, 0.15) is 13.8 Å². The molecule has 5 nitrogen and oxygen atoms in total. The molecule has 0 spiro atoms. The molecule has 130 valence electrons. The van der Waals surface area contributed by atoms with Crippen molar-refractivity contribution < 1.29 is 4.74 Å². The van der Waals surface area contributed by atoms with Gasteiger partial charge in [0.25, 0.3) is 0 Å². The molecule has 2 saturated heterocycles. The SMILES string of the molecule is C=C(C)/C(=C\C(C)=NC)N1CCN(CCN2CCOCC2)CC1. The van der Waals surface area contributed by atoms with Gasteiger partial charge in [-0.05, 0) is 25.5 Å². The highest BCUT2D eigenvalue weighted by molar-refractivity contribution is 5.93. The van der Waals surface area contributed by atoms with Gasteiger partial charge in [0, 0.05) is 70.8 Å². The number of nitrogens with zero attached hydrogens (tertiary/aromatic N) is 4. The summed E-state index contributed by atoms with van der Waals surface area (Å²) in [6.45, 7) is 18.9. The van der Waals surface area contributed by atoms with Crippen molar-refractivity contribution in [3.63, 3.8) is 0 Å². The molecule has 0 atom stereocenters. The molecule has 0 unspecified atom stereocenters. The van der Waals surface area contributed by atoms with Crippen molar-refractivity contribution in [3.8, 4) is 0 Å². The van der Waals surface area contributed by atoms with Crippen LogP contribution in [0.25, 0.3) is 0 Å². The molecule has 0 radical (unpaired) electrons. The highest BCUT2D eigenvalue weighted by Crippen LogP contribution is 2.16. The van der Waals surface area contributed by atoms with E-state index >= 15 is 0 Å². The first kappa shape index (κ1) is 18.2. The Morgan fingerprint density at radius 2 is 1.57 bits per heavy atom. The van der Waals surface area contributed by atoms with Crippen LogP contribution in [0.3, 0.4) is 0 Å². The van der Waals surface area contributed by atoms with E-state index in [1.54, 1.807) is 0 Å². The van der Waals surface area contributed by atoms with Gasteiger partial charge >= 0.3 is 0 Å². The minimum absolute atomic E-state index is 0.888. The van der Waals surface area contributed by atoms with Gasteiger partial charge in [-0.2, -0.15) is 0 Å². The third-order valence-corrected chi connectivity index (χ3v) is 4.68. The van der Waals surface area contributed by atoms with Crippen LogP contribution >= 0.6 is 0 Å². The van der Waals surface area contributed by atoms with E-state index < -0.39 is 0 Å². The second kappa shape index (κ2) is 9.21. The van der Waals surface area contributed by atoms with Crippen molar-refractivity contribution in [3.05, 3.63) is 23.9 Å². The van der Waals surface area contributed by atoms with Gasteiger partial charge in [0.05, 0.1) is 13.2 Å². The Morgan fingerprint density at radius 3 is 2.09 bits per heavy atom.